The molecule has 0 radical (unpaired) electrons. The fraction of sp³-hybridized carbons (Fsp3) is 0.308. The SMILES string of the molecule is CCc1cc(=O)[nH]c(-c2cccc(NC(=O)C3CC(=O)N(c4ccc5c(c4)CCC5)C3)c2)n1. The molecule has 168 valence electrons. The van der Waals surface area contributed by atoms with Crippen LogP contribution in [0.15, 0.2) is 53.3 Å². The summed E-state index contributed by atoms with van der Waals surface area (Å²) in [6, 6.07) is 14.9. The maximum atomic E-state index is 13.0. The summed E-state index contributed by atoms with van der Waals surface area (Å²) in [5.74, 6) is -0.169. The van der Waals surface area contributed by atoms with Gasteiger partial charge in [0, 0.05) is 41.7 Å². The molecule has 1 aliphatic carbocycles. The van der Waals surface area contributed by atoms with Gasteiger partial charge in [0.15, 0.2) is 0 Å². The standard InChI is InChI=1S/C26H26N4O3/c1-2-20-14-23(31)29-25(27-20)18-7-4-8-21(11-18)28-26(33)19-13-24(32)30(15-19)22-10-9-16-5-3-6-17(16)12-22/h4,7-12,14,19H,2-3,5-6,13,15H2,1H3,(H,28,33)(H,27,29,31). The van der Waals surface area contributed by atoms with Gasteiger partial charge in [-0.05, 0) is 61.1 Å². The largest absolute Gasteiger partial charge is 0.326 e. The highest BCUT2D eigenvalue weighted by Gasteiger charge is 2.35. The van der Waals surface area contributed by atoms with Crippen LogP contribution in [0, 0.1) is 5.92 Å². The van der Waals surface area contributed by atoms with Gasteiger partial charge in [-0.25, -0.2) is 4.98 Å². The number of rotatable bonds is 5. The maximum Gasteiger partial charge on any atom is 0.251 e. The highest BCUT2D eigenvalue weighted by molar-refractivity contribution is 6.03. The van der Waals surface area contributed by atoms with Gasteiger partial charge < -0.3 is 15.2 Å². The van der Waals surface area contributed by atoms with Crippen molar-refractivity contribution in [3.63, 3.8) is 0 Å². The molecule has 1 aromatic heterocycles. The normalized spacial score (nSPS) is 17.3. The average Bonchev–Trinajstić information content (AvgIpc) is 3.44. The van der Waals surface area contributed by atoms with Gasteiger partial charge in [0.1, 0.15) is 5.82 Å². The number of nitrogens with one attached hydrogen (secondary N) is 2. The monoisotopic (exact) mass is 442 g/mol. The van der Waals surface area contributed by atoms with Crippen molar-refractivity contribution < 1.29 is 9.59 Å². The van der Waals surface area contributed by atoms with Gasteiger partial charge in [-0.1, -0.05) is 25.1 Å². The van der Waals surface area contributed by atoms with Crippen molar-refractivity contribution in [2.75, 3.05) is 16.8 Å². The number of aromatic nitrogens is 2. The van der Waals surface area contributed by atoms with Gasteiger partial charge in [-0.15, -0.1) is 0 Å². The number of hydrogen-bond acceptors (Lipinski definition) is 4. The van der Waals surface area contributed by atoms with Crippen molar-refractivity contribution in [1.29, 1.82) is 0 Å². The summed E-state index contributed by atoms with van der Waals surface area (Å²) in [6.07, 6.45) is 4.15. The third-order valence-electron chi connectivity index (χ3n) is 6.45. The summed E-state index contributed by atoms with van der Waals surface area (Å²) in [5.41, 5.74) is 5.36. The molecule has 2 amide bonds. The molecule has 1 fully saturated rings. The summed E-state index contributed by atoms with van der Waals surface area (Å²) in [4.78, 5) is 46.5. The fourth-order valence-electron chi connectivity index (χ4n) is 4.67. The predicted molar refractivity (Wildman–Crippen MR) is 127 cm³/mol. The molecule has 1 saturated heterocycles. The molecule has 1 atom stereocenters. The Morgan fingerprint density at radius 3 is 2.82 bits per heavy atom. The summed E-state index contributed by atoms with van der Waals surface area (Å²) < 4.78 is 0. The molecule has 2 N–H and O–H groups in total. The molecule has 5 rings (SSSR count). The van der Waals surface area contributed by atoms with Crippen molar-refractivity contribution >= 4 is 23.2 Å². The predicted octanol–water partition coefficient (Wildman–Crippen LogP) is 3.48. The Balaban J connectivity index is 1.30. The van der Waals surface area contributed by atoms with Crippen LogP contribution in [0.1, 0.15) is 36.6 Å². The number of hydrogen-bond donors (Lipinski definition) is 2. The highest BCUT2D eigenvalue weighted by atomic mass is 16.2. The lowest BCUT2D eigenvalue weighted by molar-refractivity contribution is -0.122. The number of H-pyrrole nitrogens is 1. The Morgan fingerprint density at radius 1 is 1.12 bits per heavy atom. The Bertz CT molecular complexity index is 1300. The van der Waals surface area contributed by atoms with Crippen molar-refractivity contribution in [1.82, 2.24) is 9.97 Å². The number of fused-ring (bicyclic) bond motifs is 1. The minimum atomic E-state index is -0.421. The Labute approximate surface area is 191 Å². The number of aryl methyl sites for hydroxylation is 3. The molecule has 7 nitrogen and oxygen atoms in total. The zero-order valence-electron chi connectivity index (χ0n) is 18.6. The van der Waals surface area contributed by atoms with E-state index in [1.165, 1.54) is 17.2 Å². The highest BCUT2D eigenvalue weighted by Crippen LogP contribution is 2.31. The summed E-state index contributed by atoms with van der Waals surface area (Å²) in [5, 5.41) is 2.93. The number of carbonyl (C=O) groups is 2. The quantitative estimate of drug-likeness (QED) is 0.632. The van der Waals surface area contributed by atoms with Crippen LogP contribution in [0.3, 0.4) is 0 Å². The third kappa shape index (κ3) is 4.31. The number of nitrogens with zero attached hydrogens (tertiary/aromatic N) is 2. The van der Waals surface area contributed by atoms with E-state index < -0.39 is 5.92 Å². The lowest BCUT2D eigenvalue weighted by atomic mass is 10.1. The summed E-state index contributed by atoms with van der Waals surface area (Å²) >= 11 is 0. The van der Waals surface area contributed by atoms with Crippen LogP contribution in [0.25, 0.3) is 11.4 Å². The molecule has 1 aliphatic heterocycles. The van der Waals surface area contributed by atoms with E-state index in [1.54, 1.807) is 23.1 Å². The molecule has 0 bridgehead atoms. The van der Waals surface area contributed by atoms with Gasteiger partial charge in [0.25, 0.3) is 5.56 Å². The van der Waals surface area contributed by atoms with E-state index in [1.807, 2.05) is 19.1 Å². The summed E-state index contributed by atoms with van der Waals surface area (Å²) in [6.45, 7) is 2.31. The smallest absolute Gasteiger partial charge is 0.251 e. The van der Waals surface area contributed by atoms with Gasteiger partial charge in [0.2, 0.25) is 11.8 Å². The van der Waals surface area contributed by atoms with E-state index in [9.17, 15) is 14.4 Å². The lowest BCUT2D eigenvalue weighted by Gasteiger charge is -2.18. The maximum absolute atomic E-state index is 13.0. The molecule has 33 heavy (non-hydrogen) atoms. The zero-order chi connectivity index (χ0) is 22.9. The molecular formula is C26H26N4O3. The first-order valence-electron chi connectivity index (χ1n) is 11.4. The molecular weight excluding hydrogens is 416 g/mol. The molecule has 2 heterocycles. The Kier molecular flexibility index (Phi) is 5.54. The zero-order valence-corrected chi connectivity index (χ0v) is 18.6. The number of amides is 2. The van der Waals surface area contributed by atoms with Crippen LogP contribution in [0.4, 0.5) is 11.4 Å². The van der Waals surface area contributed by atoms with Crippen molar-refractivity contribution in [3.8, 4) is 11.4 Å². The van der Waals surface area contributed by atoms with E-state index in [0.29, 0.717) is 35.7 Å². The molecule has 1 unspecified atom stereocenters. The minimum Gasteiger partial charge on any atom is -0.326 e. The van der Waals surface area contributed by atoms with Crippen LogP contribution < -0.4 is 15.8 Å². The first-order valence-corrected chi connectivity index (χ1v) is 11.4. The van der Waals surface area contributed by atoms with Crippen molar-refractivity contribution in [3.05, 3.63) is 75.7 Å². The number of benzene rings is 2. The van der Waals surface area contributed by atoms with Gasteiger partial charge in [-0.3, -0.25) is 14.4 Å². The molecule has 3 aromatic rings. The first kappa shape index (κ1) is 21.1. The van der Waals surface area contributed by atoms with Gasteiger partial charge in [-0.2, -0.15) is 0 Å². The topological polar surface area (TPSA) is 95.2 Å². The number of aromatic amines is 1. The third-order valence-corrected chi connectivity index (χ3v) is 6.45. The van der Waals surface area contributed by atoms with Crippen molar-refractivity contribution in [2.24, 2.45) is 5.92 Å². The van der Waals surface area contributed by atoms with E-state index in [2.05, 4.69) is 27.4 Å². The fourth-order valence-corrected chi connectivity index (χ4v) is 4.67. The number of anilines is 2. The number of carbonyl (C=O) groups excluding carboxylic acids is 2. The van der Waals surface area contributed by atoms with Gasteiger partial charge in [0.05, 0.1) is 5.92 Å². The molecule has 7 heteroatoms. The molecule has 2 aliphatic rings. The lowest BCUT2D eigenvalue weighted by Crippen LogP contribution is -2.28. The van der Waals surface area contributed by atoms with E-state index in [4.69, 9.17) is 0 Å². The second-order valence-electron chi connectivity index (χ2n) is 8.72. The average molecular weight is 443 g/mol. The van der Waals surface area contributed by atoms with E-state index >= 15 is 0 Å². The molecule has 0 spiro atoms. The molecule has 0 saturated carbocycles. The van der Waals surface area contributed by atoms with E-state index in [0.717, 1.165) is 24.9 Å². The van der Waals surface area contributed by atoms with Crippen LogP contribution in [0.5, 0.6) is 0 Å². The van der Waals surface area contributed by atoms with Crippen LogP contribution in [-0.4, -0.2) is 28.3 Å². The van der Waals surface area contributed by atoms with E-state index in [-0.39, 0.29) is 23.8 Å². The minimum absolute atomic E-state index is 0.0278. The Morgan fingerprint density at radius 2 is 1.97 bits per heavy atom. The first-order chi connectivity index (χ1) is 16.0. The van der Waals surface area contributed by atoms with Crippen LogP contribution in [-0.2, 0) is 28.9 Å². The van der Waals surface area contributed by atoms with Crippen LogP contribution >= 0.6 is 0 Å². The van der Waals surface area contributed by atoms with Crippen molar-refractivity contribution in [2.45, 2.75) is 39.0 Å². The second kappa shape index (κ2) is 8.65. The van der Waals surface area contributed by atoms with Crippen LogP contribution in [0.2, 0.25) is 0 Å². The second-order valence-corrected chi connectivity index (χ2v) is 8.72. The molecule has 2 aromatic carbocycles. The summed E-state index contributed by atoms with van der Waals surface area (Å²) in [7, 11) is 0. The van der Waals surface area contributed by atoms with Gasteiger partial charge >= 0.3 is 0 Å². The Hall–Kier alpha value is -3.74.